The highest BCUT2D eigenvalue weighted by Gasteiger charge is 2.49. The Hall–Kier alpha value is -2.42. The summed E-state index contributed by atoms with van der Waals surface area (Å²) in [6.45, 7) is 2.11. The van der Waals surface area contributed by atoms with Crippen LogP contribution in [0.25, 0.3) is 0 Å². The molecule has 1 heterocycles. The number of esters is 2. The summed E-state index contributed by atoms with van der Waals surface area (Å²) in [5.41, 5.74) is -0.112. The van der Waals surface area contributed by atoms with Crippen molar-refractivity contribution in [3.8, 4) is 0 Å². The Morgan fingerprint density at radius 2 is 1.81 bits per heavy atom. The van der Waals surface area contributed by atoms with Gasteiger partial charge in [-0.3, -0.25) is 23.9 Å². The van der Waals surface area contributed by atoms with E-state index in [0.717, 1.165) is 19.9 Å². The molecule has 0 bridgehead atoms. The van der Waals surface area contributed by atoms with Gasteiger partial charge in [-0.2, -0.15) is 0 Å². The van der Waals surface area contributed by atoms with Gasteiger partial charge in [-0.25, -0.2) is 0 Å². The van der Waals surface area contributed by atoms with Crippen molar-refractivity contribution in [3.05, 3.63) is 11.6 Å². The summed E-state index contributed by atoms with van der Waals surface area (Å²) in [6.07, 6.45) is -1.65. The number of aliphatic carboxylic acids is 2. The van der Waals surface area contributed by atoms with E-state index in [4.69, 9.17) is 24.4 Å². The van der Waals surface area contributed by atoms with Crippen LogP contribution >= 0.6 is 0 Å². The van der Waals surface area contributed by atoms with E-state index in [1.54, 1.807) is 0 Å². The highest BCUT2D eigenvalue weighted by atomic mass is 16.8. The van der Waals surface area contributed by atoms with E-state index < -0.39 is 48.8 Å². The number of ether oxygens (including phenoxy) is 3. The zero-order valence-corrected chi connectivity index (χ0v) is 11.3. The lowest BCUT2D eigenvalue weighted by molar-refractivity contribution is -0.251. The van der Waals surface area contributed by atoms with Crippen LogP contribution in [0, 0.1) is 0 Å². The van der Waals surface area contributed by atoms with Gasteiger partial charge >= 0.3 is 23.9 Å². The number of hydrogen-bond donors (Lipinski definition) is 2. The first-order valence-electron chi connectivity index (χ1n) is 5.84. The second kappa shape index (κ2) is 6.35. The molecule has 2 unspecified atom stereocenters. The summed E-state index contributed by atoms with van der Waals surface area (Å²) in [5.74, 6) is -6.35. The molecule has 0 radical (unpaired) electrons. The van der Waals surface area contributed by atoms with Crippen LogP contribution in [0.1, 0.15) is 26.7 Å². The maximum Gasteiger partial charge on any atom is 0.310 e. The molecular weight excluding hydrogens is 288 g/mol. The minimum Gasteiger partial charge on any atom is -0.481 e. The molecule has 1 aliphatic heterocycles. The van der Waals surface area contributed by atoms with E-state index in [2.05, 4.69) is 0 Å². The molecule has 0 aromatic heterocycles. The summed E-state index contributed by atoms with van der Waals surface area (Å²) in [4.78, 5) is 43.9. The van der Waals surface area contributed by atoms with Gasteiger partial charge in [0.25, 0.3) is 5.79 Å². The first-order chi connectivity index (χ1) is 9.64. The Labute approximate surface area is 119 Å². The molecule has 1 aliphatic rings. The van der Waals surface area contributed by atoms with Crippen molar-refractivity contribution in [2.45, 2.75) is 38.8 Å². The molecular formula is C12H14O9. The van der Waals surface area contributed by atoms with Crippen LogP contribution in [0.4, 0.5) is 0 Å². The van der Waals surface area contributed by atoms with E-state index in [9.17, 15) is 19.2 Å². The van der Waals surface area contributed by atoms with Crippen LogP contribution in [0.3, 0.4) is 0 Å². The fourth-order valence-electron chi connectivity index (χ4n) is 1.88. The highest BCUT2D eigenvalue weighted by molar-refractivity contribution is 5.75. The zero-order chi connectivity index (χ0) is 16.2. The van der Waals surface area contributed by atoms with Crippen molar-refractivity contribution in [1.29, 1.82) is 0 Å². The monoisotopic (exact) mass is 302 g/mol. The number of carboxylic acid groups (broad SMARTS) is 2. The molecule has 116 valence electrons. The minimum absolute atomic E-state index is 0.112. The zero-order valence-electron chi connectivity index (χ0n) is 11.3. The molecule has 0 fully saturated rings. The maximum absolute atomic E-state index is 11.2. The van der Waals surface area contributed by atoms with Gasteiger partial charge in [-0.05, 0) is 6.08 Å². The summed E-state index contributed by atoms with van der Waals surface area (Å²) < 4.78 is 14.8. The molecule has 0 aromatic rings. The molecule has 9 nitrogen and oxygen atoms in total. The molecule has 2 atom stereocenters. The molecule has 21 heavy (non-hydrogen) atoms. The van der Waals surface area contributed by atoms with Gasteiger partial charge in [0.05, 0.1) is 6.42 Å². The third kappa shape index (κ3) is 4.56. The summed E-state index contributed by atoms with van der Waals surface area (Å²) >= 11 is 0. The third-order valence-corrected chi connectivity index (χ3v) is 2.45. The summed E-state index contributed by atoms with van der Waals surface area (Å²) in [6, 6.07) is 0. The Kier molecular flexibility index (Phi) is 5.03. The second-order valence-electron chi connectivity index (χ2n) is 4.28. The van der Waals surface area contributed by atoms with Crippen LogP contribution < -0.4 is 0 Å². The van der Waals surface area contributed by atoms with Gasteiger partial charge in [0.15, 0.2) is 0 Å². The lowest BCUT2D eigenvalue weighted by Gasteiger charge is -2.29. The van der Waals surface area contributed by atoms with Crippen LogP contribution in [0.5, 0.6) is 0 Å². The highest BCUT2D eigenvalue weighted by Crippen LogP contribution is 2.38. The van der Waals surface area contributed by atoms with E-state index in [1.807, 2.05) is 0 Å². The number of rotatable bonds is 6. The smallest absolute Gasteiger partial charge is 0.310 e. The number of carbonyl (C=O) groups excluding carboxylic acids is 2. The molecule has 1 rings (SSSR count). The van der Waals surface area contributed by atoms with Gasteiger partial charge in [-0.15, -0.1) is 0 Å². The molecule has 0 aliphatic carbocycles. The van der Waals surface area contributed by atoms with Crippen molar-refractivity contribution >= 4 is 23.9 Å². The average Bonchev–Trinajstić information content (AvgIpc) is 2.51. The van der Waals surface area contributed by atoms with Crippen LogP contribution in [-0.2, 0) is 33.4 Å². The first kappa shape index (κ1) is 16.6. The van der Waals surface area contributed by atoms with Gasteiger partial charge in [0.2, 0.25) is 6.29 Å². The predicted molar refractivity (Wildman–Crippen MR) is 63.7 cm³/mol. The Balaban J connectivity index is 3.14. The summed E-state index contributed by atoms with van der Waals surface area (Å²) in [5, 5.41) is 17.8. The lowest BCUT2D eigenvalue weighted by Crippen LogP contribution is -2.41. The van der Waals surface area contributed by atoms with Crippen molar-refractivity contribution in [1.82, 2.24) is 0 Å². The fourth-order valence-corrected chi connectivity index (χ4v) is 1.88. The molecule has 0 spiro atoms. The molecule has 2 N–H and O–H groups in total. The maximum atomic E-state index is 11.2. The topological polar surface area (TPSA) is 136 Å². The molecule has 0 saturated heterocycles. The van der Waals surface area contributed by atoms with Crippen LogP contribution in [0.15, 0.2) is 11.6 Å². The van der Waals surface area contributed by atoms with Crippen LogP contribution in [0.2, 0.25) is 0 Å². The van der Waals surface area contributed by atoms with Crippen molar-refractivity contribution in [2.75, 3.05) is 0 Å². The standard InChI is InChI=1S/C12H14O9/c1-6(13)19-11-4-8(3-9(15)16)12(21-11,5-10(17)18)20-7(2)14/h4,11H,3,5H2,1-2H3,(H,15,16)(H,17,18). The van der Waals surface area contributed by atoms with Crippen LogP contribution in [-0.4, -0.2) is 46.2 Å². The predicted octanol–water partition coefficient (Wildman–Crippen LogP) is 0.0410. The van der Waals surface area contributed by atoms with Gasteiger partial charge in [0, 0.05) is 19.4 Å². The minimum atomic E-state index is -2.10. The summed E-state index contributed by atoms with van der Waals surface area (Å²) in [7, 11) is 0. The largest absolute Gasteiger partial charge is 0.481 e. The Morgan fingerprint density at radius 1 is 1.19 bits per heavy atom. The molecule has 9 heteroatoms. The molecule has 0 amide bonds. The van der Waals surface area contributed by atoms with Crippen molar-refractivity contribution in [3.63, 3.8) is 0 Å². The lowest BCUT2D eigenvalue weighted by atomic mass is 10.0. The molecule has 0 aromatic carbocycles. The van der Waals surface area contributed by atoms with E-state index in [1.165, 1.54) is 0 Å². The van der Waals surface area contributed by atoms with E-state index in [-0.39, 0.29) is 5.57 Å². The normalized spacial score (nSPS) is 24.1. The SMILES string of the molecule is CC(=O)OC1C=C(CC(=O)O)C(CC(=O)O)(OC(C)=O)O1. The van der Waals surface area contributed by atoms with E-state index >= 15 is 0 Å². The van der Waals surface area contributed by atoms with Crippen molar-refractivity contribution in [2.24, 2.45) is 0 Å². The number of carboxylic acids is 2. The fraction of sp³-hybridized carbons (Fsp3) is 0.500. The Morgan fingerprint density at radius 3 is 2.24 bits per heavy atom. The Bertz CT molecular complexity index is 489. The quantitative estimate of drug-likeness (QED) is 0.514. The van der Waals surface area contributed by atoms with E-state index in [0.29, 0.717) is 0 Å². The third-order valence-electron chi connectivity index (χ3n) is 2.45. The van der Waals surface area contributed by atoms with Crippen molar-refractivity contribution < 1.29 is 43.6 Å². The average molecular weight is 302 g/mol. The van der Waals surface area contributed by atoms with Gasteiger partial charge < -0.3 is 19.7 Å². The first-order valence-corrected chi connectivity index (χ1v) is 5.84. The van der Waals surface area contributed by atoms with Gasteiger partial charge in [-0.1, -0.05) is 0 Å². The number of carbonyl (C=O) groups is 4. The molecule has 0 saturated carbocycles. The second-order valence-corrected chi connectivity index (χ2v) is 4.28. The van der Waals surface area contributed by atoms with Gasteiger partial charge in [0.1, 0.15) is 6.42 Å². The number of hydrogen-bond acceptors (Lipinski definition) is 7.